The molecule has 0 spiro atoms. The third kappa shape index (κ3) is 3.60. The molecule has 2 aliphatic rings. The van der Waals surface area contributed by atoms with Crippen molar-refractivity contribution >= 4 is 5.82 Å². The highest BCUT2D eigenvalue weighted by atomic mass is 16.1. The molecule has 144 valence electrons. The molecule has 27 heavy (non-hydrogen) atoms. The van der Waals surface area contributed by atoms with Gasteiger partial charge in [-0.05, 0) is 11.8 Å². The molecule has 0 aliphatic carbocycles. The zero-order valence-corrected chi connectivity index (χ0v) is 16.6. The van der Waals surface area contributed by atoms with Gasteiger partial charge in [-0.3, -0.25) is 14.3 Å². The number of rotatable bonds is 3. The number of fused-ring (bicyclic) bond motifs is 1. The number of hydrogen-bond donors (Lipinski definition) is 0. The van der Waals surface area contributed by atoms with Gasteiger partial charge in [0.25, 0.3) is 5.56 Å². The maximum Gasteiger partial charge on any atom is 0.253 e. The Morgan fingerprint density at radius 3 is 2.44 bits per heavy atom. The van der Waals surface area contributed by atoms with Crippen molar-refractivity contribution in [2.45, 2.75) is 32.7 Å². The fourth-order valence-corrected chi connectivity index (χ4v) is 4.20. The van der Waals surface area contributed by atoms with Crippen molar-refractivity contribution < 1.29 is 0 Å². The average Bonchev–Trinajstić information content (AvgIpc) is 3.17. The predicted molar refractivity (Wildman–Crippen MR) is 105 cm³/mol. The largest absolute Gasteiger partial charge is 0.356 e. The molecule has 2 aromatic heterocycles. The molecule has 2 unspecified atom stereocenters. The van der Waals surface area contributed by atoms with E-state index in [9.17, 15) is 4.79 Å². The summed E-state index contributed by atoms with van der Waals surface area (Å²) in [6, 6.07) is 3.65. The third-order valence-corrected chi connectivity index (χ3v) is 5.83. The van der Waals surface area contributed by atoms with Crippen LogP contribution >= 0.6 is 0 Å². The van der Waals surface area contributed by atoms with Crippen molar-refractivity contribution in [3.63, 3.8) is 0 Å². The Labute approximate surface area is 160 Å². The van der Waals surface area contributed by atoms with Crippen LogP contribution in [0.4, 0.5) is 5.82 Å². The second kappa shape index (κ2) is 6.71. The maximum atomic E-state index is 11.8. The van der Waals surface area contributed by atoms with E-state index in [2.05, 4.69) is 51.6 Å². The Hall–Kier alpha value is -2.28. The molecule has 2 aromatic rings. The Kier molecular flexibility index (Phi) is 4.50. The second-order valence-corrected chi connectivity index (χ2v) is 8.89. The summed E-state index contributed by atoms with van der Waals surface area (Å²) in [7, 11) is 1.80. The van der Waals surface area contributed by atoms with Gasteiger partial charge in [0.05, 0.1) is 12.2 Å². The molecule has 0 aromatic carbocycles. The lowest BCUT2D eigenvalue weighted by Crippen LogP contribution is -2.31. The van der Waals surface area contributed by atoms with Gasteiger partial charge in [0.1, 0.15) is 18.0 Å². The highest BCUT2D eigenvalue weighted by Crippen LogP contribution is 2.34. The quantitative estimate of drug-likeness (QED) is 0.817. The minimum absolute atomic E-state index is 0.00369. The molecule has 2 atom stereocenters. The van der Waals surface area contributed by atoms with Gasteiger partial charge in [-0.15, -0.1) is 0 Å². The number of hydrogen-bond acceptors (Lipinski definition) is 6. The van der Waals surface area contributed by atoms with Crippen LogP contribution in [-0.2, 0) is 19.0 Å². The zero-order valence-electron chi connectivity index (χ0n) is 16.6. The van der Waals surface area contributed by atoms with Gasteiger partial charge in [-0.25, -0.2) is 15.0 Å². The van der Waals surface area contributed by atoms with Crippen LogP contribution in [0.25, 0.3) is 0 Å². The van der Waals surface area contributed by atoms with Crippen LogP contribution in [-0.4, -0.2) is 50.6 Å². The van der Waals surface area contributed by atoms with E-state index in [-0.39, 0.29) is 11.0 Å². The van der Waals surface area contributed by atoms with Crippen LogP contribution in [0.3, 0.4) is 0 Å². The van der Waals surface area contributed by atoms with Crippen molar-refractivity contribution in [2.24, 2.45) is 18.9 Å². The summed E-state index contributed by atoms with van der Waals surface area (Å²) in [5.41, 5.74) is 1.12. The average molecular weight is 368 g/mol. The molecule has 7 nitrogen and oxygen atoms in total. The first-order valence-electron chi connectivity index (χ1n) is 9.62. The Balaban J connectivity index is 1.41. The van der Waals surface area contributed by atoms with Gasteiger partial charge in [-0.1, -0.05) is 20.8 Å². The first kappa shape index (κ1) is 18.1. The minimum Gasteiger partial charge on any atom is -0.356 e. The highest BCUT2D eigenvalue weighted by molar-refractivity contribution is 5.42. The van der Waals surface area contributed by atoms with E-state index in [4.69, 9.17) is 0 Å². The summed E-state index contributed by atoms with van der Waals surface area (Å²) >= 11 is 0. The summed E-state index contributed by atoms with van der Waals surface area (Å²) in [5, 5.41) is 0. The van der Waals surface area contributed by atoms with Crippen molar-refractivity contribution in [2.75, 3.05) is 31.1 Å². The van der Waals surface area contributed by atoms with E-state index >= 15 is 0 Å². The highest BCUT2D eigenvalue weighted by Gasteiger charge is 2.40. The van der Waals surface area contributed by atoms with Crippen LogP contribution in [0, 0.1) is 11.8 Å². The van der Waals surface area contributed by atoms with E-state index in [1.807, 2.05) is 0 Å². The topological polar surface area (TPSA) is 67.2 Å². The number of nitrogens with zero attached hydrogens (tertiary/aromatic N) is 6. The summed E-state index contributed by atoms with van der Waals surface area (Å²) < 4.78 is 1.65. The molecule has 0 amide bonds. The van der Waals surface area contributed by atoms with Gasteiger partial charge < -0.3 is 4.90 Å². The van der Waals surface area contributed by atoms with Crippen LogP contribution in [0.5, 0.6) is 0 Å². The van der Waals surface area contributed by atoms with E-state index in [1.54, 1.807) is 24.1 Å². The fraction of sp³-hybridized carbons (Fsp3) is 0.600. The SMILES string of the molecule is Cn1c(CN2CC3CN(c4cc(C(C)(C)C)ncn4)CC3C2)nccc1=O. The lowest BCUT2D eigenvalue weighted by atomic mass is 9.92. The van der Waals surface area contributed by atoms with Crippen molar-refractivity contribution in [1.29, 1.82) is 0 Å². The van der Waals surface area contributed by atoms with E-state index < -0.39 is 0 Å². The van der Waals surface area contributed by atoms with Crippen molar-refractivity contribution in [3.05, 3.63) is 46.5 Å². The molecule has 2 aliphatic heterocycles. The van der Waals surface area contributed by atoms with Crippen LogP contribution < -0.4 is 10.5 Å². The van der Waals surface area contributed by atoms with Crippen molar-refractivity contribution in [3.8, 4) is 0 Å². The fourth-order valence-electron chi connectivity index (χ4n) is 4.20. The molecular weight excluding hydrogens is 340 g/mol. The third-order valence-electron chi connectivity index (χ3n) is 5.83. The normalized spacial score (nSPS) is 23.0. The van der Waals surface area contributed by atoms with E-state index in [0.29, 0.717) is 11.8 Å². The summed E-state index contributed by atoms with van der Waals surface area (Å²) in [6.07, 6.45) is 3.30. The smallest absolute Gasteiger partial charge is 0.253 e. The number of likely N-dealkylation sites (tertiary alicyclic amines) is 1. The molecule has 0 bridgehead atoms. The van der Waals surface area contributed by atoms with Crippen LogP contribution in [0.2, 0.25) is 0 Å². The maximum absolute atomic E-state index is 11.8. The number of aromatic nitrogens is 4. The monoisotopic (exact) mass is 368 g/mol. The molecule has 2 saturated heterocycles. The Morgan fingerprint density at radius 2 is 1.78 bits per heavy atom. The van der Waals surface area contributed by atoms with Crippen molar-refractivity contribution in [1.82, 2.24) is 24.4 Å². The predicted octanol–water partition coefficient (Wildman–Crippen LogP) is 1.44. The summed E-state index contributed by atoms with van der Waals surface area (Å²) in [5.74, 6) is 3.16. The Bertz CT molecular complexity index is 873. The molecule has 4 rings (SSSR count). The zero-order chi connectivity index (χ0) is 19.2. The molecule has 0 N–H and O–H groups in total. The first-order valence-corrected chi connectivity index (χ1v) is 9.62. The van der Waals surface area contributed by atoms with Crippen LogP contribution in [0.15, 0.2) is 29.5 Å². The van der Waals surface area contributed by atoms with Gasteiger partial charge >= 0.3 is 0 Å². The molecule has 7 heteroatoms. The molecule has 0 radical (unpaired) electrons. The lowest BCUT2D eigenvalue weighted by molar-refractivity contribution is 0.295. The summed E-state index contributed by atoms with van der Waals surface area (Å²) in [4.78, 5) is 30.0. The lowest BCUT2D eigenvalue weighted by Gasteiger charge is -2.24. The molecule has 2 fully saturated rings. The van der Waals surface area contributed by atoms with Gasteiger partial charge in [0, 0.05) is 57.0 Å². The van der Waals surface area contributed by atoms with Crippen LogP contribution in [0.1, 0.15) is 32.3 Å². The van der Waals surface area contributed by atoms with Gasteiger partial charge in [0.2, 0.25) is 0 Å². The first-order chi connectivity index (χ1) is 12.8. The number of anilines is 1. The summed E-state index contributed by atoms with van der Waals surface area (Å²) in [6.45, 7) is 11.4. The van der Waals surface area contributed by atoms with Gasteiger partial charge in [-0.2, -0.15) is 0 Å². The Morgan fingerprint density at radius 1 is 1.07 bits per heavy atom. The van der Waals surface area contributed by atoms with E-state index in [0.717, 1.165) is 50.1 Å². The molecule has 0 saturated carbocycles. The standard InChI is InChI=1S/C20H28N6O/c1-20(2,3)16-7-17(23-13-22-16)26-10-14-8-25(9-15(14)11-26)12-18-21-6-5-19(27)24(18)4/h5-7,13-15H,8-12H2,1-4H3. The second-order valence-electron chi connectivity index (χ2n) is 8.89. The molecular formula is C20H28N6O. The van der Waals surface area contributed by atoms with E-state index in [1.165, 1.54) is 6.07 Å². The minimum atomic E-state index is 0.00369. The van der Waals surface area contributed by atoms with Gasteiger partial charge in [0.15, 0.2) is 0 Å². The molecule has 4 heterocycles.